The SMILES string of the molecule is CON(C(C)=O)C(=O)Nc1ccc(Oc2ccnc(-c3cnn(C)c3)c2)c(C)n1. The summed E-state index contributed by atoms with van der Waals surface area (Å²) >= 11 is 0. The van der Waals surface area contributed by atoms with Crippen LogP contribution in [0.25, 0.3) is 11.3 Å². The van der Waals surface area contributed by atoms with Gasteiger partial charge in [0, 0.05) is 38.0 Å². The van der Waals surface area contributed by atoms with Crippen molar-refractivity contribution in [1.29, 1.82) is 0 Å². The summed E-state index contributed by atoms with van der Waals surface area (Å²) in [5.74, 6) is 0.807. The number of hydrogen-bond acceptors (Lipinski definition) is 7. The fraction of sp³-hybridized carbons (Fsp3) is 0.211. The zero-order valence-electron chi connectivity index (χ0n) is 16.4. The lowest BCUT2D eigenvalue weighted by atomic mass is 10.2. The molecule has 0 bridgehead atoms. The first-order valence-corrected chi connectivity index (χ1v) is 8.63. The fourth-order valence-corrected chi connectivity index (χ4v) is 2.55. The van der Waals surface area contributed by atoms with Crippen LogP contribution in [0, 0.1) is 6.92 Å². The number of hydrogen-bond donors (Lipinski definition) is 1. The molecule has 0 aliphatic heterocycles. The van der Waals surface area contributed by atoms with Gasteiger partial charge in [0.25, 0.3) is 5.91 Å². The van der Waals surface area contributed by atoms with Gasteiger partial charge < -0.3 is 4.74 Å². The molecule has 1 N–H and O–H groups in total. The lowest BCUT2D eigenvalue weighted by Gasteiger charge is -2.16. The summed E-state index contributed by atoms with van der Waals surface area (Å²) in [5, 5.41) is 7.23. The summed E-state index contributed by atoms with van der Waals surface area (Å²) < 4.78 is 7.61. The molecule has 0 unspecified atom stereocenters. The number of nitrogens with zero attached hydrogens (tertiary/aromatic N) is 5. The van der Waals surface area contributed by atoms with Crippen molar-refractivity contribution >= 4 is 17.8 Å². The maximum absolute atomic E-state index is 12.0. The molecule has 0 aromatic carbocycles. The van der Waals surface area contributed by atoms with Crippen molar-refractivity contribution in [2.75, 3.05) is 12.4 Å². The highest BCUT2D eigenvalue weighted by Crippen LogP contribution is 2.27. The van der Waals surface area contributed by atoms with E-state index in [-0.39, 0.29) is 5.82 Å². The number of carbonyl (C=O) groups is 2. The molecule has 0 saturated heterocycles. The quantitative estimate of drug-likeness (QED) is 0.660. The zero-order chi connectivity index (χ0) is 21.0. The van der Waals surface area contributed by atoms with Crippen molar-refractivity contribution in [3.63, 3.8) is 0 Å². The first-order valence-electron chi connectivity index (χ1n) is 8.63. The maximum atomic E-state index is 12.0. The Balaban J connectivity index is 1.74. The van der Waals surface area contributed by atoms with Crippen LogP contribution in [-0.4, -0.2) is 43.9 Å². The average molecular weight is 396 g/mol. The van der Waals surface area contributed by atoms with E-state index in [1.165, 1.54) is 14.0 Å². The standard InChI is InChI=1S/C19H20N6O4/c1-12-17(5-6-18(22-12)23-19(27)25(28-4)13(2)26)29-15-7-8-20-16(9-15)14-10-21-24(3)11-14/h5-11H,1-4H3,(H,22,23,27). The van der Waals surface area contributed by atoms with E-state index in [0.29, 0.717) is 22.3 Å². The van der Waals surface area contributed by atoms with Crippen molar-refractivity contribution in [2.24, 2.45) is 7.05 Å². The Morgan fingerprint density at radius 1 is 1.24 bits per heavy atom. The molecule has 3 aromatic heterocycles. The molecule has 3 rings (SSSR count). The number of amides is 3. The Bertz CT molecular complexity index is 1050. The second-order valence-corrected chi connectivity index (χ2v) is 6.09. The van der Waals surface area contributed by atoms with Gasteiger partial charge in [0.15, 0.2) is 0 Å². The first-order chi connectivity index (χ1) is 13.9. The van der Waals surface area contributed by atoms with Gasteiger partial charge in [-0.2, -0.15) is 5.10 Å². The second-order valence-electron chi connectivity index (χ2n) is 6.09. The smallest absolute Gasteiger partial charge is 0.354 e. The Hall–Kier alpha value is -3.79. The normalized spacial score (nSPS) is 10.5. The maximum Gasteiger partial charge on any atom is 0.354 e. The number of carbonyl (C=O) groups excluding carboxylic acids is 2. The highest BCUT2D eigenvalue weighted by atomic mass is 16.7. The summed E-state index contributed by atoms with van der Waals surface area (Å²) in [6, 6.07) is 6.04. The van der Waals surface area contributed by atoms with Crippen LogP contribution in [0.3, 0.4) is 0 Å². The Morgan fingerprint density at radius 2 is 2.03 bits per heavy atom. The van der Waals surface area contributed by atoms with Gasteiger partial charge in [-0.3, -0.25) is 24.6 Å². The third-order valence-electron chi connectivity index (χ3n) is 3.89. The molecule has 0 spiro atoms. The molecule has 0 saturated carbocycles. The number of hydroxylamine groups is 2. The molecule has 3 aromatic rings. The molecule has 0 fully saturated rings. The van der Waals surface area contributed by atoms with E-state index in [1.54, 1.807) is 48.3 Å². The van der Waals surface area contributed by atoms with Crippen LogP contribution in [0.4, 0.5) is 10.6 Å². The summed E-state index contributed by atoms with van der Waals surface area (Å²) in [4.78, 5) is 36.7. The van der Waals surface area contributed by atoms with Crippen LogP contribution in [0.1, 0.15) is 12.6 Å². The van der Waals surface area contributed by atoms with Gasteiger partial charge in [0.05, 0.1) is 24.7 Å². The number of nitrogens with one attached hydrogen (secondary N) is 1. The third kappa shape index (κ3) is 4.74. The van der Waals surface area contributed by atoms with Crippen molar-refractivity contribution in [3.8, 4) is 22.8 Å². The van der Waals surface area contributed by atoms with Gasteiger partial charge in [-0.25, -0.2) is 9.78 Å². The molecule has 0 atom stereocenters. The summed E-state index contributed by atoms with van der Waals surface area (Å²) in [6.07, 6.45) is 5.23. The molecular weight excluding hydrogens is 376 g/mol. The van der Waals surface area contributed by atoms with Crippen LogP contribution < -0.4 is 10.1 Å². The third-order valence-corrected chi connectivity index (χ3v) is 3.89. The Morgan fingerprint density at radius 3 is 2.66 bits per heavy atom. The number of pyridine rings is 2. The largest absolute Gasteiger partial charge is 0.455 e. The summed E-state index contributed by atoms with van der Waals surface area (Å²) in [6.45, 7) is 2.96. The molecule has 3 heterocycles. The number of aryl methyl sites for hydroxylation is 2. The minimum atomic E-state index is -0.740. The average Bonchev–Trinajstić information content (AvgIpc) is 3.11. The van der Waals surface area contributed by atoms with Crippen molar-refractivity contribution in [1.82, 2.24) is 24.8 Å². The minimum absolute atomic E-state index is 0.258. The van der Waals surface area contributed by atoms with Crippen LogP contribution in [0.5, 0.6) is 11.5 Å². The summed E-state index contributed by atoms with van der Waals surface area (Å²) in [7, 11) is 3.06. The molecule has 0 aliphatic carbocycles. The van der Waals surface area contributed by atoms with Gasteiger partial charge in [0.1, 0.15) is 17.3 Å². The van der Waals surface area contributed by atoms with E-state index in [2.05, 4.69) is 20.4 Å². The van der Waals surface area contributed by atoms with Gasteiger partial charge in [-0.15, -0.1) is 5.06 Å². The monoisotopic (exact) mass is 396 g/mol. The number of anilines is 1. The van der Waals surface area contributed by atoms with E-state index < -0.39 is 11.9 Å². The van der Waals surface area contributed by atoms with E-state index in [4.69, 9.17) is 9.57 Å². The first kappa shape index (κ1) is 20.0. The van der Waals surface area contributed by atoms with E-state index >= 15 is 0 Å². The highest BCUT2D eigenvalue weighted by Gasteiger charge is 2.18. The number of ether oxygens (including phenoxy) is 1. The molecular formula is C19H20N6O4. The Kier molecular flexibility index (Phi) is 5.84. The molecule has 0 aliphatic rings. The second kappa shape index (κ2) is 8.48. The number of aromatic nitrogens is 4. The minimum Gasteiger partial charge on any atom is -0.455 e. The molecule has 0 radical (unpaired) electrons. The topological polar surface area (TPSA) is 111 Å². The van der Waals surface area contributed by atoms with Crippen molar-refractivity contribution in [3.05, 3.63) is 48.5 Å². The van der Waals surface area contributed by atoms with Gasteiger partial charge in [-0.05, 0) is 25.1 Å². The lowest BCUT2D eigenvalue weighted by molar-refractivity contribution is -0.156. The van der Waals surface area contributed by atoms with Gasteiger partial charge >= 0.3 is 6.03 Å². The number of rotatable bonds is 5. The van der Waals surface area contributed by atoms with Gasteiger partial charge in [0.2, 0.25) is 0 Å². The van der Waals surface area contributed by atoms with Crippen molar-refractivity contribution in [2.45, 2.75) is 13.8 Å². The molecule has 3 amide bonds. The highest BCUT2D eigenvalue weighted by molar-refractivity contribution is 5.98. The van der Waals surface area contributed by atoms with Crippen LogP contribution in [-0.2, 0) is 16.7 Å². The van der Waals surface area contributed by atoms with Crippen LogP contribution in [0.15, 0.2) is 42.9 Å². The van der Waals surface area contributed by atoms with E-state index in [0.717, 1.165) is 11.3 Å². The number of urea groups is 1. The van der Waals surface area contributed by atoms with Crippen molar-refractivity contribution < 1.29 is 19.2 Å². The Labute approximate surface area is 167 Å². The predicted molar refractivity (Wildman–Crippen MR) is 104 cm³/mol. The van der Waals surface area contributed by atoms with E-state index in [9.17, 15) is 9.59 Å². The summed E-state index contributed by atoms with van der Waals surface area (Å²) in [5.41, 5.74) is 2.15. The van der Waals surface area contributed by atoms with Crippen LogP contribution >= 0.6 is 0 Å². The van der Waals surface area contributed by atoms with Crippen LogP contribution in [0.2, 0.25) is 0 Å². The molecule has 29 heavy (non-hydrogen) atoms. The fourth-order valence-electron chi connectivity index (χ4n) is 2.55. The number of imide groups is 1. The lowest BCUT2D eigenvalue weighted by Crippen LogP contribution is -2.37. The van der Waals surface area contributed by atoms with Gasteiger partial charge in [-0.1, -0.05) is 0 Å². The molecule has 10 nitrogen and oxygen atoms in total. The van der Waals surface area contributed by atoms with E-state index in [1.807, 2.05) is 13.2 Å². The predicted octanol–water partition coefficient (Wildman–Crippen LogP) is 2.92. The zero-order valence-corrected chi connectivity index (χ0v) is 16.4. The molecule has 10 heteroatoms. The molecule has 150 valence electrons.